The molecule has 1 aromatic carbocycles. The van der Waals surface area contributed by atoms with E-state index in [1.165, 1.54) is 17.0 Å². The molecular weight excluding hydrogens is 373 g/mol. The van der Waals surface area contributed by atoms with Gasteiger partial charge in [-0.3, -0.25) is 14.3 Å². The summed E-state index contributed by atoms with van der Waals surface area (Å²) in [6.45, 7) is 2.16. The number of anilines is 1. The van der Waals surface area contributed by atoms with E-state index in [2.05, 4.69) is 5.10 Å². The number of carbonyl (C=O) groups excluding carboxylic acids is 2. The van der Waals surface area contributed by atoms with Gasteiger partial charge in [-0.2, -0.15) is 5.10 Å². The number of fused-ring (bicyclic) bond motifs is 5. The number of halogens is 2. The Bertz CT molecular complexity index is 947. The lowest BCUT2D eigenvalue weighted by molar-refractivity contribution is -0.124. The summed E-state index contributed by atoms with van der Waals surface area (Å²) in [5, 5.41) is 4.77. The minimum absolute atomic E-state index is 0.150. The van der Waals surface area contributed by atoms with Gasteiger partial charge in [-0.25, -0.2) is 9.29 Å². The average molecular weight is 390 g/mol. The molecule has 1 aromatic heterocycles. The molecule has 3 saturated heterocycles. The van der Waals surface area contributed by atoms with Crippen LogP contribution in [0.2, 0.25) is 5.02 Å². The topological polar surface area (TPSA) is 64.4 Å². The Balaban J connectivity index is 1.44. The predicted molar refractivity (Wildman–Crippen MR) is 94.8 cm³/mol. The molecule has 3 aliphatic heterocycles. The highest BCUT2D eigenvalue weighted by Gasteiger charge is 2.63. The lowest BCUT2D eigenvalue weighted by Gasteiger charge is -2.15. The average Bonchev–Trinajstić information content (AvgIpc) is 3.35. The van der Waals surface area contributed by atoms with Gasteiger partial charge >= 0.3 is 0 Å². The van der Waals surface area contributed by atoms with Gasteiger partial charge in [-0.05, 0) is 37.5 Å². The second-order valence-corrected chi connectivity index (χ2v) is 7.80. The Morgan fingerprint density at radius 3 is 2.48 bits per heavy atom. The highest BCUT2D eigenvalue weighted by atomic mass is 35.5. The summed E-state index contributed by atoms with van der Waals surface area (Å²) in [7, 11) is 0. The zero-order valence-electron chi connectivity index (χ0n) is 14.6. The maximum absolute atomic E-state index is 13.2. The maximum atomic E-state index is 13.2. The second-order valence-electron chi connectivity index (χ2n) is 7.39. The van der Waals surface area contributed by atoms with E-state index in [9.17, 15) is 14.0 Å². The summed E-state index contributed by atoms with van der Waals surface area (Å²) in [5.74, 6) is -1.28. The molecule has 0 aliphatic carbocycles. The van der Waals surface area contributed by atoms with Crippen molar-refractivity contribution in [3.8, 4) is 0 Å². The third kappa shape index (κ3) is 2.45. The third-order valence-corrected chi connectivity index (χ3v) is 6.17. The van der Waals surface area contributed by atoms with Crippen molar-refractivity contribution in [1.82, 2.24) is 9.78 Å². The molecule has 2 bridgehead atoms. The molecule has 27 heavy (non-hydrogen) atoms. The maximum Gasteiger partial charge on any atom is 0.241 e. The van der Waals surface area contributed by atoms with E-state index in [0.717, 1.165) is 18.5 Å². The smallest absolute Gasteiger partial charge is 0.241 e. The summed E-state index contributed by atoms with van der Waals surface area (Å²) in [6, 6.07) is 5.91. The molecule has 0 spiro atoms. The van der Waals surface area contributed by atoms with Gasteiger partial charge in [0.1, 0.15) is 5.82 Å². The molecule has 3 aliphatic rings. The first-order valence-electron chi connectivity index (χ1n) is 8.95. The Morgan fingerprint density at radius 1 is 1.19 bits per heavy atom. The number of hydrogen-bond donors (Lipinski definition) is 0. The molecule has 6 nitrogen and oxygen atoms in total. The highest BCUT2D eigenvalue weighted by molar-refractivity contribution is 6.31. The zero-order chi connectivity index (χ0) is 18.9. The number of imide groups is 1. The molecule has 8 heteroatoms. The van der Waals surface area contributed by atoms with Gasteiger partial charge in [0.05, 0.1) is 30.6 Å². The first-order valence-corrected chi connectivity index (χ1v) is 9.33. The molecule has 2 amide bonds. The van der Waals surface area contributed by atoms with Crippen LogP contribution in [0.3, 0.4) is 0 Å². The Hall–Kier alpha value is -2.25. The largest absolute Gasteiger partial charge is 0.373 e. The lowest BCUT2D eigenvalue weighted by atomic mass is 9.81. The van der Waals surface area contributed by atoms with E-state index in [0.29, 0.717) is 22.9 Å². The zero-order valence-corrected chi connectivity index (χ0v) is 15.3. The van der Waals surface area contributed by atoms with Crippen LogP contribution in [0, 0.1) is 24.6 Å². The van der Waals surface area contributed by atoms with Crippen LogP contribution in [0.15, 0.2) is 24.3 Å². The van der Waals surface area contributed by atoms with Gasteiger partial charge in [0.25, 0.3) is 0 Å². The predicted octanol–water partition coefficient (Wildman–Crippen LogP) is 2.70. The van der Waals surface area contributed by atoms with Crippen molar-refractivity contribution in [2.24, 2.45) is 11.8 Å². The van der Waals surface area contributed by atoms with E-state index in [4.69, 9.17) is 16.3 Å². The van der Waals surface area contributed by atoms with Gasteiger partial charge in [-0.15, -0.1) is 0 Å². The van der Waals surface area contributed by atoms with Crippen molar-refractivity contribution in [2.75, 3.05) is 4.90 Å². The fraction of sp³-hybridized carbons (Fsp3) is 0.421. The molecule has 3 fully saturated rings. The number of rotatable bonds is 3. The van der Waals surface area contributed by atoms with Crippen molar-refractivity contribution in [3.63, 3.8) is 0 Å². The number of aromatic nitrogens is 2. The molecule has 140 valence electrons. The number of nitrogens with zero attached hydrogens (tertiary/aromatic N) is 3. The van der Waals surface area contributed by atoms with Crippen LogP contribution in [-0.4, -0.2) is 33.8 Å². The normalized spacial score (nSPS) is 29.1. The molecule has 4 unspecified atom stereocenters. The van der Waals surface area contributed by atoms with Crippen molar-refractivity contribution in [2.45, 2.75) is 38.5 Å². The van der Waals surface area contributed by atoms with E-state index < -0.39 is 5.82 Å². The molecule has 5 rings (SSSR count). The summed E-state index contributed by atoms with van der Waals surface area (Å²) in [5.41, 5.74) is 1.49. The fourth-order valence-corrected chi connectivity index (χ4v) is 4.74. The number of ether oxygens (including phenoxy) is 1. The van der Waals surface area contributed by atoms with Crippen LogP contribution >= 0.6 is 11.6 Å². The molecule has 0 saturated carbocycles. The lowest BCUT2D eigenvalue weighted by Crippen LogP contribution is -2.34. The van der Waals surface area contributed by atoms with E-state index in [-0.39, 0.29) is 35.9 Å². The van der Waals surface area contributed by atoms with Crippen LogP contribution < -0.4 is 4.90 Å². The SMILES string of the molecule is Cc1cc(N2C(=O)C3C4CCC(O4)C3C2=O)nn1Cc1ccc(F)cc1Cl. The van der Waals surface area contributed by atoms with E-state index in [1.54, 1.807) is 16.8 Å². The van der Waals surface area contributed by atoms with Gasteiger partial charge < -0.3 is 4.74 Å². The number of aryl methyl sites for hydroxylation is 1. The first kappa shape index (κ1) is 16.9. The molecular formula is C19H17ClFN3O3. The molecule has 4 atom stereocenters. The van der Waals surface area contributed by atoms with E-state index in [1.807, 2.05) is 6.92 Å². The van der Waals surface area contributed by atoms with Crippen LogP contribution in [0.5, 0.6) is 0 Å². The number of carbonyl (C=O) groups is 2. The van der Waals surface area contributed by atoms with Crippen molar-refractivity contribution in [1.29, 1.82) is 0 Å². The molecule has 0 radical (unpaired) electrons. The number of hydrogen-bond acceptors (Lipinski definition) is 4. The highest BCUT2D eigenvalue weighted by Crippen LogP contribution is 2.49. The van der Waals surface area contributed by atoms with Crippen molar-refractivity contribution < 1.29 is 18.7 Å². The van der Waals surface area contributed by atoms with Crippen LogP contribution in [-0.2, 0) is 20.9 Å². The summed E-state index contributed by atoms with van der Waals surface area (Å²) >= 11 is 6.10. The Labute approximate surface area is 159 Å². The van der Waals surface area contributed by atoms with Crippen LogP contribution in [0.4, 0.5) is 10.2 Å². The van der Waals surface area contributed by atoms with Gasteiger partial charge in [0, 0.05) is 16.8 Å². The van der Waals surface area contributed by atoms with E-state index >= 15 is 0 Å². The van der Waals surface area contributed by atoms with Crippen LogP contribution in [0.25, 0.3) is 0 Å². The molecule has 4 heterocycles. The summed E-state index contributed by atoms with van der Waals surface area (Å²) < 4.78 is 20.7. The van der Waals surface area contributed by atoms with Crippen molar-refractivity contribution in [3.05, 3.63) is 46.4 Å². The van der Waals surface area contributed by atoms with Crippen molar-refractivity contribution >= 4 is 29.2 Å². The minimum atomic E-state index is -0.404. The molecule has 0 N–H and O–H groups in total. The monoisotopic (exact) mass is 389 g/mol. The quantitative estimate of drug-likeness (QED) is 0.757. The second kappa shape index (κ2) is 5.87. The third-order valence-electron chi connectivity index (χ3n) is 5.82. The van der Waals surface area contributed by atoms with Gasteiger partial charge in [-0.1, -0.05) is 17.7 Å². The summed E-state index contributed by atoms with van der Waals surface area (Å²) in [4.78, 5) is 26.9. The Kier molecular flexibility index (Phi) is 3.67. The van der Waals surface area contributed by atoms with Gasteiger partial charge in [0.15, 0.2) is 5.82 Å². The number of amides is 2. The number of benzene rings is 1. The van der Waals surface area contributed by atoms with Crippen LogP contribution in [0.1, 0.15) is 24.1 Å². The fourth-order valence-electron chi connectivity index (χ4n) is 4.51. The van der Waals surface area contributed by atoms with Gasteiger partial charge in [0.2, 0.25) is 11.8 Å². The Morgan fingerprint density at radius 2 is 1.85 bits per heavy atom. The summed E-state index contributed by atoms with van der Waals surface area (Å²) in [6.07, 6.45) is 1.36. The standard InChI is InChI=1S/C19H17ClFN3O3/c1-9-6-15(22-23(9)8-10-2-3-11(21)7-12(10)20)24-18(25)16-13-4-5-14(27-13)17(16)19(24)26/h2-3,6-7,13-14,16-17H,4-5,8H2,1H3. The minimum Gasteiger partial charge on any atom is -0.373 e. The molecule has 2 aromatic rings. The first-order chi connectivity index (χ1) is 12.9.